The van der Waals surface area contributed by atoms with Crippen LogP contribution in [0, 0.1) is 10.1 Å². The van der Waals surface area contributed by atoms with E-state index >= 15 is 0 Å². The lowest BCUT2D eigenvalue weighted by Gasteiger charge is -2.31. The third-order valence-electron chi connectivity index (χ3n) is 3.81. The third-order valence-corrected chi connectivity index (χ3v) is 3.81. The Kier molecular flexibility index (Phi) is 2.21. The maximum Gasteiger partial charge on any atom is 0.269 e. The summed E-state index contributed by atoms with van der Waals surface area (Å²) in [7, 11) is 1.62. The van der Waals surface area contributed by atoms with Crippen LogP contribution in [0.15, 0.2) is 18.2 Å². The smallest absolute Gasteiger partial charge is 0.269 e. The number of hydrogen-bond acceptors (Lipinski definition) is 4. The van der Waals surface area contributed by atoms with Crippen LogP contribution in [-0.4, -0.2) is 18.6 Å². The first-order valence-electron chi connectivity index (χ1n) is 5.71. The van der Waals surface area contributed by atoms with Crippen molar-refractivity contribution < 1.29 is 9.66 Å². The number of nitrogens with one attached hydrogen (secondary N) is 1. The lowest BCUT2D eigenvalue weighted by molar-refractivity contribution is -0.385. The van der Waals surface area contributed by atoms with Gasteiger partial charge in [-0.15, -0.1) is 0 Å². The van der Waals surface area contributed by atoms with Crippen molar-refractivity contribution in [3.63, 3.8) is 0 Å². The van der Waals surface area contributed by atoms with Crippen LogP contribution in [0.4, 0.5) is 5.69 Å². The fraction of sp³-hybridized carbons (Fsp3) is 0.500. The largest absolute Gasteiger partial charge is 0.362 e. The number of non-ortho nitro benzene ring substituents is 1. The summed E-state index contributed by atoms with van der Waals surface area (Å²) in [5.74, 6) is 0. The molecule has 1 heterocycles. The van der Waals surface area contributed by atoms with Gasteiger partial charge in [-0.2, -0.15) is 0 Å². The fourth-order valence-electron chi connectivity index (χ4n) is 2.66. The molecule has 1 aromatic rings. The van der Waals surface area contributed by atoms with E-state index in [0.717, 1.165) is 24.9 Å². The number of nitrogens with zero attached hydrogens (tertiary/aromatic N) is 1. The molecule has 0 aromatic heterocycles. The van der Waals surface area contributed by atoms with Crippen LogP contribution in [0.5, 0.6) is 0 Å². The van der Waals surface area contributed by atoms with Crippen LogP contribution in [0.25, 0.3) is 0 Å². The van der Waals surface area contributed by atoms with Gasteiger partial charge >= 0.3 is 0 Å². The third kappa shape index (κ3) is 1.54. The zero-order valence-corrected chi connectivity index (χ0v) is 9.60. The molecule has 1 aliphatic carbocycles. The van der Waals surface area contributed by atoms with E-state index in [-0.39, 0.29) is 22.3 Å². The molecule has 0 radical (unpaired) electrons. The second-order valence-corrected chi connectivity index (χ2v) is 4.81. The van der Waals surface area contributed by atoms with Crippen LogP contribution in [0.1, 0.15) is 30.2 Å². The van der Waals surface area contributed by atoms with Gasteiger partial charge in [0.1, 0.15) is 6.23 Å². The molecule has 0 bridgehead atoms. The SMILES string of the molecule is COC1NCC2(CC2)c2ccc([N+](=O)[O-])cc21. The minimum atomic E-state index is -0.360. The maximum atomic E-state index is 10.8. The summed E-state index contributed by atoms with van der Waals surface area (Å²) in [4.78, 5) is 10.4. The normalized spacial score (nSPS) is 24.4. The molecule has 1 unspecified atom stereocenters. The molecule has 90 valence electrons. The molecule has 0 saturated heterocycles. The number of ether oxygens (including phenoxy) is 1. The zero-order chi connectivity index (χ0) is 12.0. The van der Waals surface area contributed by atoms with Crippen molar-refractivity contribution in [2.45, 2.75) is 24.5 Å². The van der Waals surface area contributed by atoms with Crippen LogP contribution in [-0.2, 0) is 10.2 Å². The number of hydrogen-bond donors (Lipinski definition) is 1. The first kappa shape index (κ1) is 10.7. The number of nitro benzene ring substituents is 1. The van der Waals surface area contributed by atoms with Gasteiger partial charge in [0.05, 0.1) is 4.92 Å². The summed E-state index contributed by atoms with van der Waals surface area (Å²) in [5.41, 5.74) is 2.48. The molecule has 1 aromatic carbocycles. The molecule has 1 N–H and O–H groups in total. The Morgan fingerprint density at radius 2 is 2.29 bits per heavy atom. The molecule has 1 atom stereocenters. The Morgan fingerprint density at radius 3 is 2.88 bits per heavy atom. The molecular weight excluding hydrogens is 220 g/mol. The van der Waals surface area contributed by atoms with Crippen LogP contribution < -0.4 is 5.32 Å². The first-order valence-corrected chi connectivity index (χ1v) is 5.71. The van der Waals surface area contributed by atoms with E-state index in [1.54, 1.807) is 19.2 Å². The van der Waals surface area contributed by atoms with Gasteiger partial charge in [-0.05, 0) is 18.4 Å². The van der Waals surface area contributed by atoms with Crippen molar-refractivity contribution in [1.82, 2.24) is 5.32 Å². The summed E-state index contributed by atoms with van der Waals surface area (Å²) in [5, 5.41) is 14.1. The fourth-order valence-corrected chi connectivity index (χ4v) is 2.66. The number of rotatable bonds is 2. The number of benzene rings is 1. The van der Waals surface area contributed by atoms with E-state index < -0.39 is 0 Å². The van der Waals surface area contributed by atoms with E-state index in [1.165, 1.54) is 5.56 Å². The molecular formula is C12H14N2O3. The topological polar surface area (TPSA) is 64.4 Å². The molecule has 2 aliphatic rings. The molecule has 3 rings (SSSR count). The highest BCUT2D eigenvalue weighted by molar-refractivity contribution is 5.48. The maximum absolute atomic E-state index is 10.8. The van der Waals surface area contributed by atoms with Crippen molar-refractivity contribution in [1.29, 1.82) is 0 Å². The zero-order valence-electron chi connectivity index (χ0n) is 9.60. The van der Waals surface area contributed by atoms with Gasteiger partial charge < -0.3 is 4.74 Å². The Labute approximate surface area is 98.9 Å². The second-order valence-electron chi connectivity index (χ2n) is 4.81. The summed E-state index contributed by atoms with van der Waals surface area (Å²) < 4.78 is 5.34. The summed E-state index contributed by atoms with van der Waals surface area (Å²) in [6.07, 6.45) is 2.08. The number of fused-ring (bicyclic) bond motifs is 2. The lowest BCUT2D eigenvalue weighted by Crippen LogP contribution is -2.38. The molecule has 5 heteroatoms. The van der Waals surface area contributed by atoms with Crippen LogP contribution in [0.3, 0.4) is 0 Å². The van der Waals surface area contributed by atoms with Crippen molar-refractivity contribution >= 4 is 5.69 Å². The Balaban J connectivity index is 2.11. The van der Waals surface area contributed by atoms with Crippen LogP contribution in [0.2, 0.25) is 0 Å². The molecule has 0 amide bonds. The highest BCUT2D eigenvalue weighted by atomic mass is 16.6. The average molecular weight is 234 g/mol. The van der Waals surface area contributed by atoms with E-state index in [4.69, 9.17) is 4.74 Å². The van der Waals surface area contributed by atoms with Gasteiger partial charge in [-0.3, -0.25) is 15.4 Å². The van der Waals surface area contributed by atoms with Gasteiger partial charge in [-0.25, -0.2) is 0 Å². The van der Waals surface area contributed by atoms with Gasteiger partial charge in [0.25, 0.3) is 5.69 Å². The highest BCUT2D eigenvalue weighted by Gasteiger charge is 2.49. The molecule has 17 heavy (non-hydrogen) atoms. The standard InChI is InChI=1S/C12H14N2O3/c1-17-11-9-6-8(14(15)16)2-3-10(9)12(4-5-12)7-13-11/h2-3,6,11,13H,4-5,7H2,1H3. The minimum Gasteiger partial charge on any atom is -0.362 e. The van der Waals surface area contributed by atoms with Gasteiger partial charge in [0, 0.05) is 36.8 Å². The van der Waals surface area contributed by atoms with Gasteiger partial charge in [0.2, 0.25) is 0 Å². The number of methoxy groups -OCH3 is 1. The van der Waals surface area contributed by atoms with Crippen molar-refractivity contribution in [3.8, 4) is 0 Å². The van der Waals surface area contributed by atoms with E-state index in [9.17, 15) is 10.1 Å². The molecule has 5 nitrogen and oxygen atoms in total. The van der Waals surface area contributed by atoms with Crippen molar-refractivity contribution in [2.24, 2.45) is 0 Å². The number of nitro groups is 1. The Hall–Kier alpha value is -1.46. The van der Waals surface area contributed by atoms with E-state index in [0.29, 0.717) is 0 Å². The molecule has 1 saturated carbocycles. The molecule has 1 spiro atoms. The summed E-state index contributed by atoms with van der Waals surface area (Å²) in [6.45, 7) is 0.899. The quantitative estimate of drug-likeness (QED) is 0.626. The lowest BCUT2D eigenvalue weighted by atomic mass is 9.87. The monoisotopic (exact) mass is 234 g/mol. The summed E-state index contributed by atoms with van der Waals surface area (Å²) in [6, 6.07) is 5.12. The van der Waals surface area contributed by atoms with Gasteiger partial charge in [-0.1, -0.05) is 6.07 Å². The predicted octanol–water partition coefficient (Wildman–Crippen LogP) is 1.87. The van der Waals surface area contributed by atoms with E-state index in [2.05, 4.69) is 5.32 Å². The molecule has 1 fully saturated rings. The van der Waals surface area contributed by atoms with E-state index in [1.807, 2.05) is 6.07 Å². The Morgan fingerprint density at radius 1 is 1.53 bits per heavy atom. The average Bonchev–Trinajstić information content (AvgIpc) is 3.10. The predicted molar refractivity (Wildman–Crippen MR) is 61.8 cm³/mol. The summed E-state index contributed by atoms with van der Waals surface area (Å²) >= 11 is 0. The van der Waals surface area contributed by atoms with Crippen molar-refractivity contribution in [3.05, 3.63) is 39.4 Å². The first-order chi connectivity index (χ1) is 8.16. The molecule has 1 aliphatic heterocycles. The second kappa shape index (κ2) is 3.51. The minimum absolute atomic E-state index is 0.130. The highest BCUT2D eigenvalue weighted by Crippen LogP contribution is 2.52. The Bertz CT molecular complexity index is 483. The van der Waals surface area contributed by atoms with Gasteiger partial charge in [0.15, 0.2) is 0 Å². The van der Waals surface area contributed by atoms with Crippen LogP contribution >= 0.6 is 0 Å². The van der Waals surface area contributed by atoms with Crippen molar-refractivity contribution in [2.75, 3.05) is 13.7 Å².